The number of ether oxygens (including phenoxy) is 2. The van der Waals surface area contributed by atoms with Gasteiger partial charge in [0.1, 0.15) is 6.04 Å². The summed E-state index contributed by atoms with van der Waals surface area (Å²) in [6, 6.07) is -0.431. The second kappa shape index (κ2) is 6.86. The molecule has 0 aromatic carbocycles. The topological polar surface area (TPSA) is 67.9 Å². The van der Waals surface area contributed by atoms with Crippen molar-refractivity contribution < 1.29 is 19.1 Å². The Kier molecular flexibility index (Phi) is 5.32. The van der Waals surface area contributed by atoms with Crippen molar-refractivity contribution in [3.8, 4) is 0 Å². The number of amides is 2. The van der Waals surface area contributed by atoms with Crippen LogP contribution in [0.5, 0.6) is 0 Å². The Morgan fingerprint density at radius 1 is 1.36 bits per heavy atom. The SMILES string of the molecule is COC(=O)N[C@H](C(=O)N1C[C@]2(CCCCO2)C[C@H]1C)C(C)C. The summed E-state index contributed by atoms with van der Waals surface area (Å²) in [6.45, 7) is 7.31. The lowest BCUT2D eigenvalue weighted by Gasteiger charge is -2.34. The van der Waals surface area contributed by atoms with Gasteiger partial charge in [-0.2, -0.15) is 0 Å². The molecule has 0 aromatic heterocycles. The summed E-state index contributed by atoms with van der Waals surface area (Å²) < 4.78 is 10.6. The van der Waals surface area contributed by atoms with Crippen LogP contribution in [-0.4, -0.2) is 54.8 Å². The molecule has 0 unspecified atom stereocenters. The summed E-state index contributed by atoms with van der Waals surface area (Å²) >= 11 is 0. The molecule has 126 valence electrons. The number of alkyl carbamates (subject to hydrolysis) is 1. The summed E-state index contributed by atoms with van der Waals surface area (Å²) in [5.41, 5.74) is -0.180. The molecule has 0 aliphatic carbocycles. The quantitative estimate of drug-likeness (QED) is 0.864. The van der Waals surface area contributed by atoms with Gasteiger partial charge in [0.25, 0.3) is 0 Å². The normalized spacial score (nSPS) is 29.7. The third-order valence-corrected chi connectivity index (χ3v) is 4.77. The third-order valence-electron chi connectivity index (χ3n) is 4.77. The van der Waals surface area contributed by atoms with E-state index < -0.39 is 12.1 Å². The molecule has 2 fully saturated rings. The highest BCUT2D eigenvalue weighted by molar-refractivity contribution is 5.86. The first-order valence-electron chi connectivity index (χ1n) is 8.17. The first kappa shape index (κ1) is 17.1. The molecule has 0 saturated carbocycles. The van der Waals surface area contributed by atoms with Gasteiger partial charge in [0.15, 0.2) is 0 Å². The maximum absolute atomic E-state index is 12.9. The molecule has 2 rings (SSSR count). The van der Waals surface area contributed by atoms with E-state index in [4.69, 9.17) is 4.74 Å². The van der Waals surface area contributed by atoms with E-state index >= 15 is 0 Å². The van der Waals surface area contributed by atoms with Gasteiger partial charge in [-0.25, -0.2) is 4.79 Å². The monoisotopic (exact) mass is 312 g/mol. The minimum absolute atomic E-state index is 0.00243. The van der Waals surface area contributed by atoms with Crippen molar-refractivity contribution in [1.82, 2.24) is 10.2 Å². The predicted molar refractivity (Wildman–Crippen MR) is 82.5 cm³/mol. The lowest BCUT2D eigenvalue weighted by molar-refractivity contribution is -0.137. The van der Waals surface area contributed by atoms with Gasteiger partial charge >= 0.3 is 6.09 Å². The van der Waals surface area contributed by atoms with Crippen molar-refractivity contribution in [3.63, 3.8) is 0 Å². The molecule has 6 nitrogen and oxygen atoms in total. The van der Waals surface area contributed by atoms with Crippen LogP contribution < -0.4 is 5.32 Å². The highest BCUT2D eigenvalue weighted by Crippen LogP contribution is 2.37. The van der Waals surface area contributed by atoms with E-state index in [1.807, 2.05) is 18.7 Å². The fraction of sp³-hybridized carbons (Fsp3) is 0.875. The smallest absolute Gasteiger partial charge is 0.407 e. The van der Waals surface area contributed by atoms with Crippen molar-refractivity contribution in [3.05, 3.63) is 0 Å². The van der Waals surface area contributed by atoms with Gasteiger partial charge in [-0.15, -0.1) is 0 Å². The van der Waals surface area contributed by atoms with Crippen LogP contribution in [-0.2, 0) is 14.3 Å². The molecule has 1 spiro atoms. The van der Waals surface area contributed by atoms with Crippen LogP contribution in [0.15, 0.2) is 0 Å². The van der Waals surface area contributed by atoms with E-state index in [9.17, 15) is 9.59 Å². The van der Waals surface area contributed by atoms with Gasteiger partial charge in [-0.05, 0) is 38.5 Å². The summed E-state index contributed by atoms with van der Waals surface area (Å²) in [5, 5.41) is 2.66. The molecule has 2 aliphatic heterocycles. The van der Waals surface area contributed by atoms with Crippen molar-refractivity contribution in [1.29, 1.82) is 0 Å². The van der Waals surface area contributed by atoms with Crippen LogP contribution in [0, 0.1) is 5.92 Å². The van der Waals surface area contributed by atoms with E-state index in [0.717, 1.165) is 32.3 Å². The summed E-state index contributed by atoms with van der Waals surface area (Å²) in [5.74, 6) is -0.0402. The van der Waals surface area contributed by atoms with Crippen LogP contribution >= 0.6 is 0 Å². The Morgan fingerprint density at radius 3 is 2.64 bits per heavy atom. The minimum atomic E-state index is -0.567. The van der Waals surface area contributed by atoms with E-state index in [1.165, 1.54) is 7.11 Å². The Bertz CT molecular complexity index is 418. The zero-order valence-corrected chi connectivity index (χ0v) is 14.1. The van der Waals surface area contributed by atoms with E-state index in [1.54, 1.807) is 0 Å². The van der Waals surface area contributed by atoms with Gasteiger partial charge in [0, 0.05) is 12.6 Å². The highest BCUT2D eigenvalue weighted by Gasteiger charge is 2.47. The Morgan fingerprint density at radius 2 is 2.09 bits per heavy atom. The second-order valence-corrected chi connectivity index (χ2v) is 6.87. The Labute approximate surface area is 132 Å². The number of nitrogens with zero attached hydrogens (tertiary/aromatic N) is 1. The van der Waals surface area contributed by atoms with Gasteiger partial charge in [0.2, 0.25) is 5.91 Å². The number of nitrogens with one attached hydrogen (secondary N) is 1. The molecule has 2 amide bonds. The van der Waals surface area contributed by atoms with Gasteiger partial charge in [-0.3, -0.25) is 4.79 Å². The number of hydrogen-bond donors (Lipinski definition) is 1. The lowest BCUT2D eigenvalue weighted by Crippen LogP contribution is -2.53. The molecular weight excluding hydrogens is 284 g/mol. The minimum Gasteiger partial charge on any atom is -0.453 e. The predicted octanol–water partition coefficient (Wildman–Crippen LogP) is 1.93. The number of rotatable bonds is 3. The summed E-state index contributed by atoms with van der Waals surface area (Å²) in [7, 11) is 1.31. The van der Waals surface area contributed by atoms with Crippen LogP contribution in [0.2, 0.25) is 0 Å². The standard InChI is InChI=1S/C16H28N2O4/c1-11(2)13(17-15(20)21-4)14(19)18-10-16(9-12(18)3)7-5-6-8-22-16/h11-13H,5-10H2,1-4H3,(H,17,20)/t12-,13+,16+/m1/s1. The van der Waals surface area contributed by atoms with Crippen LogP contribution in [0.1, 0.15) is 46.5 Å². The van der Waals surface area contributed by atoms with E-state index in [-0.39, 0.29) is 23.5 Å². The molecule has 22 heavy (non-hydrogen) atoms. The number of carbonyl (C=O) groups excluding carboxylic acids is 2. The molecule has 1 N–H and O–H groups in total. The lowest BCUT2D eigenvalue weighted by atomic mass is 9.91. The van der Waals surface area contributed by atoms with Gasteiger partial charge in [-0.1, -0.05) is 13.8 Å². The van der Waals surface area contributed by atoms with Crippen LogP contribution in [0.25, 0.3) is 0 Å². The number of hydrogen-bond acceptors (Lipinski definition) is 4. The molecule has 2 aliphatic rings. The van der Waals surface area contributed by atoms with E-state index in [2.05, 4.69) is 17.0 Å². The molecule has 6 heteroatoms. The highest BCUT2D eigenvalue weighted by atomic mass is 16.5. The second-order valence-electron chi connectivity index (χ2n) is 6.87. The van der Waals surface area contributed by atoms with Crippen molar-refractivity contribution in [2.24, 2.45) is 5.92 Å². The maximum atomic E-state index is 12.9. The molecular formula is C16H28N2O4. The Balaban J connectivity index is 2.08. The number of methoxy groups -OCH3 is 1. The molecule has 2 heterocycles. The zero-order valence-electron chi connectivity index (χ0n) is 14.1. The molecule has 3 atom stereocenters. The fourth-order valence-corrected chi connectivity index (χ4v) is 3.55. The van der Waals surface area contributed by atoms with Crippen molar-refractivity contribution in [2.75, 3.05) is 20.3 Å². The van der Waals surface area contributed by atoms with Crippen LogP contribution in [0.3, 0.4) is 0 Å². The fourth-order valence-electron chi connectivity index (χ4n) is 3.55. The first-order chi connectivity index (χ1) is 10.4. The molecule has 0 radical (unpaired) electrons. The van der Waals surface area contributed by atoms with Crippen molar-refractivity contribution in [2.45, 2.75) is 64.1 Å². The first-order valence-corrected chi connectivity index (χ1v) is 8.17. The van der Waals surface area contributed by atoms with E-state index in [0.29, 0.717) is 6.54 Å². The number of carbonyl (C=O) groups is 2. The largest absolute Gasteiger partial charge is 0.453 e. The maximum Gasteiger partial charge on any atom is 0.407 e. The summed E-state index contributed by atoms with van der Waals surface area (Å²) in [6.07, 6.45) is 3.58. The molecule has 2 saturated heterocycles. The van der Waals surface area contributed by atoms with Gasteiger partial charge < -0.3 is 19.7 Å². The average Bonchev–Trinajstić information content (AvgIpc) is 2.80. The third kappa shape index (κ3) is 3.54. The zero-order chi connectivity index (χ0) is 16.3. The number of likely N-dealkylation sites (tertiary alicyclic amines) is 1. The Hall–Kier alpha value is -1.30. The van der Waals surface area contributed by atoms with Gasteiger partial charge in [0.05, 0.1) is 19.3 Å². The summed E-state index contributed by atoms with van der Waals surface area (Å²) in [4.78, 5) is 26.2. The average molecular weight is 312 g/mol. The van der Waals surface area contributed by atoms with Crippen LogP contribution in [0.4, 0.5) is 4.79 Å². The van der Waals surface area contributed by atoms with Crippen molar-refractivity contribution >= 4 is 12.0 Å². The molecule has 0 bridgehead atoms. The molecule has 0 aromatic rings.